The van der Waals surface area contributed by atoms with E-state index in [0.717, 1.165) is 0 Å². The molecule has 94 valence electrons. The van der Waals surface area contributed by atoms with Crippen molar-refractivity contribution in [2.75, 3.05) is 24.6 Å². The third-order valence-electron chi connectivity index (χ3n) is 2.50. The highest BCUT2D eigenvalue weighted by Gasteiger charge is 2.35. The zero-order valence-corrected chi connectivity index (χ0v) is 10.1. The van der Waals surface area contributed by atoms with E-state index in [0.29, 0.717) is 19.5 Å². The van der Waals surface area contributed by atoms with Crippen LogP contribution in [0, 0.1) is 0 Å². The van der Waals surface area contributed by atoms with Gasteiger partial charge in [-0.05, 0) is 0 Å². The molecule has 0 saturated carbocycles. The van der Waals surface area contributed by atoms with Crippen LogP contribution in [0.2, 0.25) is 0 Å². The van der Waals surface area contributed by atoms with Crippen molar-refractivity contribution < 1.29 is 18.3 Å². The molecule has 1 saturated heterocycles. The van der Waals surface area contributed by atoms with E-state index in [9.17, 15) is 18.3 Å². The van der Waals surface area contributed by atoms with Gasteiger partial charge >= 0.3 is 0 Å². The highest BCUT2D eigenvalue weighted by molar-refractivity contribution is 7.91. The smallest absolute Gasteiger partial charge is 0.219 e. The van der Waals surface area contributed by atoms with Crippen LogP contribution in [0.1, 0.15) is 13.3 Å². The summed E-state index contributed by atoms with van der Waals surface area (Å²) in [7, 11) is -3.10. The van der Waals surface area contributed by atoms with Crippen molar-refractivity contribution in [1.29, 1.82) is 0 Å². The highest BCUT2D eigenvalue weighted by Crippen LogP contribution is 2.11. The van der Waals surface area contributed by atoms with Crippen molar-refractivity contribution in [2.45, 2.75) is 25.5 Å². The lowest BCUT2D eigenvalue weighted by atomic mass is 10.2. The van der Waals surface area contributed by atoms with Crippen LogP contribution >= 0.6 is 0 Å². The Morgan fingerprint density at radius 1 is 1.38 bits per heavy atom. The number of nitrogens with one attached hydrogen (secondary N) is 2. The SMILES string of the molecule is CCC(=O)NCCN[C@H]1CS(=O)(=O)C[C@@H]1O. The molecular weight excluding hydrogens is 232 g/mol. The number of aliphatic hydroxyl groups is 1. The van der Waals surface area contributed by atoms with Gasteiger partial charge in [0.1, 0.15) is 0 Å². The van der Waals surface area contributed by atoms with Crippen LogP contribution in [-0.4, -0.2) is 56.2 Å². The zero-order valence-electron chi connectivity index (χ0n) is 9.27. The van der Waals surface area contributed by atoms with Crippen molar-refractivity contribution in [3.8, 4) is 0 Å². The molecule has 0 spiro atoms. The van der Waals surface area contributed by atoms with E-state index in [1.165, 1.54) is 0 Å². The van der Waals surface area contributed by atoms with Gasteiger partial charge in [-0.25, -0.2) is 8.42 Å². The molecule has 0 bridgehead atoms. The number of rotatable bonds is 5. The van der Waals surface area contributed by atoms with Gasteiger partial charge in [0.25, 0.3) is 0 Å². The molecule has 1 fully saturated rings. The average Bonchev–Trinajstić information content (AvgIpc) is 2.46. The first-order valence-electron chi connectivity index (χ1n) is 5.33. The average molecular weight is 250 g/mol. The van der Waals surface area contributed by atoms with Gasteiger partial charge in [-0.2, -0.15) is 0 Å². The summed E-state index contributed by atoms with van der Waals surface area (Å²) in [4.78, 5) is 10.9. The number of carbonyl (C=O) groups excluding carboxylic acids is 1. The lowest BCUT2D eigenvalue weighted by Gasteiger charge is -2.14. The lowest BCUT2D eigenvalue weighted by molar-refractivity contribution is -0.120. The second-order valence-electron chi connectivity index (χ2n) is 3.91. The summed E-state index contributed by atoms with van der Waals surface area (Å²) >= 11 is 0. The Morgan fingerprint density at radius 2 is 2.06 bits per heavy atom. The lowest BCUT2D eigenvalue weighted by Crippen LogP contribution is -2.42. The summed E-state index contributed by atoms with van der Waals surface area (Å²) in [5.41, 5.74) is 0. The van der Waals surface area contributed by atoms with E-state index in [4.69, 9.17) is 0 Å². The Kier molecular flexibility index (Phi) is 4.69. The van der Waals surface area contributed by atoms with Gasteiger partial charge < -0.3 is 15.7 Å². The van der Waals surface area contributed by atoms with Crippen molar-refractivity contribution in [2.24, 2.45) is 0 Å². The van der Waals surface area contributed by atoms with Crippen LogP contribution in [0.15, 0.2) is 0 Å². The Bertz CT molecular complexity index is 341. The van der Waals surface area contributed by atoms with Gasteiger partial charge in [-0.15, -0.1) is 0 Å². The first-order chi connectivity index (χ1) is 7.44. The summed E-state index contributed by atoms with van der Waals surface area (Å²) in [6, 6.07) is -0.413. The Labute approximate surface area is 95.3 Å². The minimum Gasteiger partial charge on any atom is -0.390 e. The fourth-order valence-electron chi connectivity index (χ4n) is 1.61. The van der Waals surface area contributed by atoms with Crippen molar-refractivity contribution in [3.63, 3.8) is 0 Å². The fourth-order valence-corrected chi connectivity index (χ4v) is 3.38. The maximum Gasteiger partial charge on any atom is 0.219 e. The number of hydrogen-bond acceptors (Lipinski definition) is 5. The van der Waals surface area contributed by atoms with Gasteiger partial charge in [-0.1, -0.05) is 6.92 Å². The molecule has 6 nitrogen and oxygen atoms in total. The third kappa shape index (κ3) is 4.07. The first-order valence-corrected chi connectivity index (χ1v) is 7.15. The van der Waals surface area contributed by atoms with Gasteiger partial charge in [0.15, 0.2) is 9.84 Å². The molecule has 7 heteroatoms. The van der Waals surface area contributed by atoms with E-state index in [1.807, 2.05) is 0 Å². The molecule has 2 atom stereocenters. The third-order valence-corrected chi connectivity index (χ3v) is 4.21. The van der Waals surface area contributed by atoms with Crippen molar-refractivity contribution >= 4 is 15.7 Å². The van der Waals surface area contributed by atoms with E-state index in [1.54, 1.807) is 6.92 Å². The van der Waals surface area contributed by atoms with Crippen LogP contribution in [0.5, 0.6) is 0 Å². The minimum atomic E-state index is -3.10. The molecule has 1 aliphatic heterocycles. The Balaban J connectivity index is 2.21. The van der Waals surface area contributed by atoms with Crippen LogP contribution in [0.25, 0.3) is 0 Å². The van der Waals surface area contributed by atoms with E-state index < -0.39 is 22.0 Å². The monoisotopic (exact) mass is 250 g/mol. The van der Waals surface area contributed by atoms with Crippen LogP contribution in [-0.2, 0) is 14.6 Å². The Hall–Kier alpha value is -0.660. The molecule has 0 aromatic rings. The number of carbonyl (C=O) groups is 1. The normalized spacial score (nSPS) is 27.9. The van der Waals surface area contributed by atoms with Gasteiger partial charge in [0.05, 0.1) is 17.6 Å². The predicted molar refractivity (Wildman–Crippen MR) is 59.8 cm³/mol. The minimum absolute atomic E-state index is 0.0319. The molecule has 0 radical (unpaired) electrons. The maximum absolute atomic E-state index is 11.2. The summed E-state index contributed by atoms with van der Waals surface area (Å²) in [5, 5.41) is 15.0. The topological polar surface area (TPSA) is 95.5 Å². The number of aliphatic hydroxyl groups excluding tert-OH is 1. The quantitative estimate of drug-likeness (QED) is 0.503. The van der Waals surface area contributed by atoms with Crippen LogP contribution < -0.4 is 10.6 Å². The molecule has 1 amide bonds. The molecule has 0 unspecified atom stereocenters. The van der Waals surface area contributed by atoms with Gasteiger partial charge in [0.2, 0.25) is 5.91 Å². The first kappa shape index (κ1) is 13.4. The van der Waals surface area contributed by atoms with Gasteiger partial charge in [0, 0.05) is 25.6 Å². The largest absolute Gasteiger partial charge is 0.390 e. The molecule has 1 aliphatic rings. The molecule has 0 aromatic carbocycles. The molecule has 0 aromatic heterocycles. The van der Waals surface area contributed by atoms with Crippen LogP contribution in [0.4, 0.5) is 0 Å². The van der Waals surface area contributed by atoms with E-state index in [2.05, 4.69) is 10.6 Å². The predicted octanol–water partition coefficient (Wildman–Crippen LogP) is -1.74. The second kappa shape index (κ2) is 5.60. The van der Waals surface area contributed by atoms with Crippen LogP contribution in [0.3, 0.4) is 0 Å². The Morgan fingerprint density at radius 3 is 2.56 bits per heavy atom. The fraction of sp³-hybridized carbons (Fsp3) is 0.889. The van der Waals surface area contributed by atoms with E-state index >= 15 is 0 Å². The highest BCUT2D eigenvalue weighted by atomic mass is 32.2. The molecule has 3 N–H and O–H groups in total. The van der Waals surface area contributed by atoms with E-state index in [-0.39, 0.29) is 17.4 Å². The number of hydrogen-bond donors (Lipinski definition) is 3. The summed E-state index contributed by atoms with van der Waals surface area (Å²) in [6.07, 6.45) is -0.410. The van der Waals surface area contributed by atoms with Crippen molar-refractivity contribution in [3.05, 3.63) is 0 Å². The summed E-state index contributed by atoms with van der Waals surface area (Å²) in [5.74, 6) is -0.247. The molecular formula is C9H18N2O4S. The summed E-state index contributed by atoms with van der Waals surface area (Å²) in [6.45, 7) is 2.66. The molecule has 1 heterocycles. The number of amides is 1. The summed E-state index contributed by atoms with van der Waals surface area (Å²) < 4.78 is 22.3. The molecule has 1 rings (SSSR count). The van der Waals surface area contributed by atoms with Crippen molar-refractivity contribution in [1.82, 2.24) is 10.6 Å². The number of sulfone groups is 1. The van der Waals surface area contributed by atoms with Gasteiger partial charge in [-0.3, -0.25) is 4.79 Å². The second-order valence-corrected chi connectivity index (χ2v) is 6.06. The molecule has 16 heavy (non-hydrogen) atoms. The maximum atomic E-state index is 11.2. The standard InChI is InChI=1S/C9H18N2O4S/c1-2-9(13)11-4-3-10-7-5-16(14,15)6-8(7)12/h7-8,10,12H,2-6H2,1H3,(H,11,13)/t7-,8-/m0/s1. The zero-order chi connectivity index (χ0) is 12.2. The molecule has 0 aliphatic carbocycles.